The van der Waals surface area contributed by atoms with E-state index in [-0.39, 0.29) is 0 Å². The Hall–Kier alpha value is -1.29. The summed E-state index contributed by atoms with van der Waals surface area (Å²) in [6, 6.07) is 11.7. The summed E-state index contributed by atoms with van der Waals surface area (Å²) in [4.78, 5) is 0. The maximum Gasteiger partial charge on any atom is 0.0655 e. The van der Waals surface area contributed by atoms with Gasteiger partial charge in [0, 0.05) is 5.92 Å². The van der Waals surface area contributed by atoms with Crippen LogP contribution in [0.4, 0.5) is 0 Å². The predicted molar refractivity (Wildman–Crippen MR) is 105 cm³/mol. The summed E-state index contributed by atoms with van der Waals surface area (Å²) in [5, 5.41) is 9.07. The quantitative estimate of drug-likeness (QED) is 0.547. The van der Waals surface area contributed by atoms with E-state index in [0.29, 0.717) is 5.92 Å². The maximum absolute atomic E-state index is 9.07. The maximum atomic E-state index is 9.07. The lowest BCUT2D eigenvalue weighted by molar-refractivity contribution is 0.297. The molecule has 0 amide bonds. The first-order chi connectivity index (χ1) is 12.3. The van der Waals surface area contributed by atoms with Gasteiger partial charge in [-0.25, -0.2) is 0 Å². The summed E-state index contributed by atoms with van der Waals surface area (Å²) in [6.07, 6.45) is 15.8. The van der Waals surface area contributed by atoms with E-state index in [9.17, 15) is 0 Å². The van der Waals surface area contributed by atoms with Crippen LogP contribution in [0, 0.1) is 29.1 Å². The molecule has 25 heavy (non-hydrogen) atoms. The van der Waals surface area contributed by atoms with Crippen molar-refractivity contribution in [2.75, 3.05) is 0 Å². The Morgan fingerprint density at radius 2 is 1.52 bits per heavy atom. The van der Waals surface area contributed by atoms with Gasteiger partial charge in [0.15, 0.2) is 0 Å². The van der Waals surface area contributed by atoms with Gasteiger partial charge in [0.25, 0.3) is 0 Å². The fourth-order valence-corrected chi connectivity index (χ4v) is 5.27. The third-order valence-corrected chi connectivity index (χ3v) is 6.89. The molecule has 1 nitrogen and oxygen atoms in total. The van der Waals surface area contributed by atoms with Gasteiger partial charge >= 0.3 is 0 Å². The van der Waals surface area contributed by atoms with E-state index in [1.54, 1.807) is 11.1 Å². The first-order valence-electron chi connectivity index (χ1n) is 10.8. The van der Waals surface area contributed by atoms with E-state index in [1.807, 2.05) is 0 Å². The highest BCUT2D eigenvalue weighted by molar-refractivity contribution is 5.31. The number of benzene rings is 1. The van der Waals surface area contributed by atoms with Crippen molar-refractivity contribution in [1.82, 2.24) is 0 Å². The molecule has 0 saturated heterocycles. The molecule has 2 saturated carbocycles. The number of rotatable bonds is 6. The van der Waals surface area contributed by atoms with Gasteiger partial charge in [-0.3, -0.25) is 0 Å². The summed E-state index contributed by atoms with van der Waals surface area (Å²) in [5.41, 5.74) is 3.27. The van der Waals surface area contributed by atoms with Crippen LogP contribution >= 0.6 is 0 Å². The van der Waals surface area contributed by atoms with Crippen molar-refractivity contribution in [3.63, 3.8) is 0 Å². The Bertz CT molecular complexity index is 554. The van der Waals surface area contributed by atoms with Crippen LogP contribution in [0.3, 0.4) is 0 Å². The topological polar surface area (TPSA) is 23.8 Å². The van der Waals surface area contributed by atoms with Gasteiger partial charge in [-0.2, -0.15) is 5.26 Å². The van der Waals surface area contributed by atoms with Crippen LogP contribution in [0.5, 0.6) is 0 Å². The lowest BCUT2D eigenvalue weighted by Gasteiger charge is -2.30. The highest BCUT2D eigenvalue weighted by atomic mass is 14.3. The normalized spacial score (nSPS) is 29.9. The molecule has 0 radical (unpaired) electrons. The minimum atomic E-state index is 0.335. The number of aryl methyl sites for hydroxylation is 1. The van der Waals surface area contributed by atoms with Crippen LogP contribution in [0.15, 0.2) is 24.3 Å². The van der Waals surface area contributed by atoms with Crippen molar-refractivity contribution in [2.24, 2.45) is 17.8 Å². The minimum absolute atomic E-state index is 0.335. The number of nitriles is 1. The summed E-state index contributed by atoms with van der Waals surface area (Å²) >= 11 is 0. The van der Waals surface area contributed by atoms with Gasteiger partial charge < -0.3 is 0 Å². The molecule has 136 valence electrons. The van der Waals surface area contributed by atoms with Crippen molar-refractivity contribution in [3.05, 3.63) is 35.4 Å². The van der Waals surface area contributed by atoms with Crippen LogP contribution in [-0.2, 0) is 6.42 Å². The van der Waals surface area contributed by atoms with Crippen molar-refractivity contribution in [1.29, 1.82) is 5.26 Å². The predicted octanol–water partition coefficient (Wildman–Crippen LogP) is 7.02. The first-order valence-corrected chi connectivity index (χ1v) is 10.8. The zero-order valence-corrected chi connectivity index (χ0v) is 16.1. The summed E-state index contributed by atoms with van der Waals surface area (Å²) in [6.45, 7) is 2.32. The standard InChI is InChI=1S/C24H35N/c1-2-5-19-12-16-23(17-13-19)24-7-4-3-6-22(24)15-14-20-8-10-21(18-25)11-9-20/h3-4,6-7,19-21,23H,2,5,8-17H2,1H3. The second-order valence-corrected chi connectivity index (χ2v) is 8.59. The van der Waals surface area contributed by atoms with Crippen LogP contribution in [-0.4, -0.2) is 0 Å². The first kappa shape index (κ1) is 18.5. The molecule has 2 aliphatic rings. The molecule has 1 aromatic carbocycles. The molecule has 0 aromatic heterocycles. The Labute approximate surface area is 154 Å². The van der Waals surface area contributed by atoms with Crippen LogP contribution in [0.1, 0.15) is 94.6 Å². The second-order valence-electron chi connectivity index (χ2n) is 8.59. The molecule has 0 N–H and O–H groups in total. The molecule has 1 heteroatoms. The average molecular weight is 338 g/mol. The highest BCUT2D eigenvalue weighted by Gasteiger charge is 2.24. The number of hydrogen-bond acceptors (Lipinski definition) is 1. The Balaban J connectivity index is 1.54. The van der Waals surface area contributed by atoms with Crippen molar-refractivity contribution in [2.45, 2.75) is 89.9 Å². The van der Waals surface area contributed by atoms with Crippen molar-refractivity contribution in [3.8, 4) is 6.07 Å². The summed E-state index contributed by atoms with van der Waals surface area (Å²) in [5.74, 6) is 2.97. The molecule has 3 rings (SSSR count). The van der Waals surface area contributed by atoms with Crippen LogP contribution in [0.2, 0.25) is 0 Å². The Kier molecular flexibility index (Phi) is 6.97. The fraction of sp³-hybridized carbons (Fsp3) is 0.708. The van der Waals surface area contributed by atoms with E-state index < -0.39 is 0 Å². The third kappa shape index (κ3) is 5.10. The van der Waals surface area contributed by atoms with Crippen LogP contribution < -0.4 is 0 Å². The average Bonchev–Trinajstić information content (AvgIpc) is 2.68. The molecule has 2 fully saturated rings. The van der Waals surface area contributed by atoms with E-state index >= 15 is 0 Å². The molecule has 1 aromatic rings. The second kappa shape index (κ2) is 9.42. The van der Waals surface area contributed by atoms with Crippen molar-refractivity contribution < 1.29 is 0 Å². The highest BCUT2D eigenvalue weighted by Crippen LogP contribution is 2.39. The lowest BCUT2D eigenvalue weighted by atomic mass is 9.75. The van der Waals surface area contributed by atoms with E-state index in [2.05, 4.69) is 37.3 Å². The summed E-state index contributed by atoms with van der Waals surface area (Å²) in [7, 11) is 0. The molecule has 0 aliphatic heterocycles. The van der Waals surface area contributed by atoms with E-state index in [4.69, 9.17) is 5.26 Å². The zero-order valence-electron chi connectivity index (χ0n) is 16.1. The molecule has 0 atom stereocenters. The molecule has 2 aliphatic carbocycles. The smallest absolute Gasteiger partial charge is 0.0655 e. The largest absolute Gasteiger partial charge is 0.198 e. The van der Waals surface area contributed by atoms with Gasteiger partial charge in [0.1, 0.15) is 0 Å². The SMILES string of the molecule is CCCC1CCC(c2ccccc2CCC2CCC(C#N)CC2)CC1. The van der Waals surface area contributed by atoms with Gasteiger partial charge in [-0.1, -0.05) is 44.0 Å². The summed E-state index contributed by atoms with van der Waals surface area (Å²) < 4.78 is 0. The van der Waals surface area contributed by atoms with Gasteiger partial charge in [-0.15, -0.1) is 0 Å². The molecular formula is C24H35N. The fourth-order valence-electron chi connectivity index (χ4n) is 5.27. The molecule has 0 heterocycles. The molecule has 0 unspecified atom stereocenters. The van der Waals surface area contributed by atoms with E-state index in [1.165, 1.54) is 64.2 Å². The minimum Gasteiger partial charge on any atom is -0.198 e. The number of hydrogen-bond donors (Lipinski definition) is 0. The molecule has 0 bridgehead atoms. The van der Waals surface area contributed by atoms with Crippen molar-refractivity contribution >= 4 is 0 Å². The third-order valence-electron chi connectivity index (χ3n) is 6.89. The number of nitrogens with zero attached hydrogens (tertiary/aromatic N) is 1. The Morgan fingerprint density at radius 3 is 2.20 bits per heavy atom. The zero-order chi connectivity index (χ0) is 17.5. The monoisotopic (exact) mass is 337 g/mol. The van der Waals surface area contributed by atoms with Gasteiger partial charge in [0.05, 0.1) is 6.07 Å². The van der Waals surface area contributed by atoms with E-state index in [0.717, 1.165) is 30.6 Å². The van der Waals surface area contributed by atoms with Crippen LogP contribution in [0.25, 0.3) is 0 Å². The molecular weight excluding hydrogens is 302 g/mol. The lowest BCUT2D eigenvalue weighted by Crippen LogP contribution is -2.16. The Morgan fingerprint density at radius 1 is 0.880 bits per heavy atom. The van der Waals surface area contributed by atoms with Gasteiger partial charge in [-0.05, 0) is 93.1 Å². The van der Waals surface area contributed by atoms with Gasteiger partial charge in [0.2, 0.25) is 0 Å². The molecule has 0 spiro atoms.